The van der Waals surface area contributed by atoms with E-state index in [0.717, 1.165) is 58.4 Å². The zero-order valence-electron chi connectivity index (χ0n) is 31.1. The fraction of sp³-hybridized carbons (Fsp3) is 0.353. The highest BCUT2D eigenvalue weighted by Crippen LogP contribution is 2.28. The molecule has 300 valence electrons. The average molecular weight is 848 g/mol. The van der Waals surface area contributed by atoms with Crippen LogP contribution in [0.1, 0.15) is 25.9 Å². The van der Waals surface area contributed by atoms with Gasteiger partial charge in [0.15, 0.2) is 0 Å². The Morgan fingerprint density at radius 2 is 1.16 bits per heavy atom. The molecule has 0 radical (unpaired) electrons. The highest BCUT2D eigenvalue weighted by molar-refractivity contribution is 8.13. The van der Waals surface area contributed by atoms with E-state index in [1.165, 1.54) is 11.2 Å². The van der Waals surface area contributed by atoms with Crippen LogP contribution in [0.4, 0.5) is 23.0 Å². The van der Waals surface area contributed by atoms with Gasteiger partial charge in [-0.05, 0) is 42.3 Å². The van der Waals surface area contributed by atoms with Crippen LogP contribution in [-0.4, -0.2) is 108 Å². The topological polar surface area (TPSA) is 205 Å². The molecule has 0 atom stereocenters. The maximum absolute atomic E-state index is 11.9. The van der Waals surface area contributed by atoms with E-state index in [1.54, 1.807) is 47.3 Å². The smallest absolute Gasteiger partial charge is 0.232 e. The summed E-state index contributed by atoms with van der Waals surface area (Å²) in [6, 6.07) is 8.44. The van der Waals surface area contributed by atoms with E-state index in [4.69, 9.17) is 0 Å². The number of aromatic nitrogens is 10. The monoisotopic (exact) mass is 846 g/mol. The Morgan fingerprint density at radius 3 is 1.54 bits per heavy atom. The van der Waals surface area contributed by atoms with Crippen molar-refractivity contribution in [3.05, 3.63) is 86.2 Å². The second kappa shape index (κ2) is 18.4. The van der Waals surface area contributed by atoms with Crippen LogP contribution in [-0.2, 0) is 33.2 Å². The van der Waals surface area contributed by atoms with Gasteiger partial charge in [-0.15, -0.1) is 12.4 Å². The van der Waals surface area contributed by atoms with E-state index in [1.807, 2.05) is 72.5 Å². The summed E-state index contributed by atoms with van der Waals surface area (Å²) in [6.45, 7) is 6.08. The van der Waals surface area contributed by atoms with Gasteiger partial charge in [-0.1, -0.05) is 6.92 Å². The fourth-order valence-corrected chi connectivity index (χ4v) is 6.62. The predicted octanol–water partition coefficient (Wildman–Crippen LogP) is 4.19. The van der Waals surface area contributed by atoms with Crippen molar-refractivity contribution in [3.63, 3.8) is 0 Å². The number of aryl methyl sites for hydroxylation is 2. The molecule has 0 amide bonds. The van der Waals surface area contributed by atoms with Crippen molar-refractivity contribution in [3.8, 4) is 22.3 Å². The molecule has 8 rings (SSSR count). The van der Waals surface area contributed by atoms with Gasteiger partial charge in [0.25, 0.3) is 0 Å². The lowest BCUT2D eigenvalue weighted by atomic mass is 10.1. The number of halogens is 2. The number of pyridine rings is 2. The minimum Gasteiger partial charge on any atom is -0.338 e. The molecule has 2 fully saturated rings. The van der Waals surface area contributed by atoms with Gasteiger partial charge in [0.1, 0.15) is 11.6 Å². The van der Waals surface area contributed by atoms with Gasteiger partial charge in [-0.25, -0.2) is 26.8 Å². The highest BCUT2D eigenvalue weighted by atomic mass is 35.7. The molecule has 22 heteroatoms. The van der Waals surface area contributed by atoms with Crippen molar-refractivity contribution in [2.24, 2.45) is 14.1 Å². The quantitative estimate of drug-likeness (QED) is 0.157. The van der Waals surface area contributed by atoms with Crippen molar-refractivity contribution in [2.45, 2.75) is 25.9 Å². The maximum atomic E-state index is 11.9. The molecule has 8 heterocycles. The third-order valence-electron chi connectivity index (χ3n) is 8.78. The van der Waals surface area contributed by atoms with Crippen LogP contribution < -0.4 is 16.0 Å². The number of hydrogen-bond acceptors (Lipinski definition) is 13. The van der Waals surface area contributed by atoms with Crippen LogP contribution in [0, 0.1) is 0 Å². The number of nitrogens with zero attached hydrogens (tertiary/aromatic N) is 11. The molecule has 6 aromatic rings. The van der Waals surface area contributed by atoms with Crippen LogP contribution in [0.25, 0.3) is 22.3 Å². The van der Waals surface area contributed by atoms with E-state index in [0.29, 0.717) is 19.1 Å². The molecule has 0 bridgehead atoms. The molecular formula is C34H44Cl2N14O4S2. The summed E-state index contributed by atoms with van der Waals surface area (Å²) < 4.78 is 52.1. The third kappa shape index (κ3) is 11.1. The third-order valence-corrected chi connectivity index (χ3v) is 11.9. The second-order valence-corrected chi connectivity index (χ2v) is 18.2. The predicted molar refractivity (Wildman–Crippen MR) is 218 cm³/mol. The standard InChI is InChI=1S/C17H21N7O2S.C15H17N7.C2H5ClO2S.ClH/c1-3-27(25,26)23-11-16(12-23)24-9-14(7-20-24)13-4-5-18-17(6-13)21-15-8-19-22(2)10-15;1-21-10-13(6-18-21)20-15-4-11(2-3-17-15)12-5-19-22(9-12)14-7-16-8-14;1-2-6(3,4)5;/h4-10,16H,3,11-12H2,1-2H3,(H,18,21);2-6,9-10,14,16H,7-8H2,1H3,(H,17,20);2H2,1H3;1H. The molecule has 2 saturated heterocycles. The summed E-state index contributed by atoms with van der Waals surface area (Å²) in [5.74, 6) is 1.66. The van der Waals surface area contributed by atoms with E-state index in [2.05, 4.69) is 63.2 Å². The molecule has 6 aromatic heterocycles. The normalized spacial score (nSPS) is 14.6. The minimum atomic E-state index is -3.19. The second-order valence-electron chi connectivity index (χ2n) is 12.8. The van der Waals surface area contributed by atoms with Gasteiger partial charge in [0.2, 0.25) is 19.1 Å². The van der Waals surface area contributed by atoms with Crippen LogP contribution in [0.5, 0.6) is 0 Å². The van der Waals surface area contributed by atoms with Crippen molar-refractivity contribution < 1.29 is 16.8 Å². The molecule has 0 aromatic carbocycles. The SMILES string of the molecule is CCS(=O)(=O)Cl.CCS(=O)(=O)N1CC(n2cc(-c3ccnc(Nc4cnn(C)c4)c3)cn2)C1.Cl.Cn1cc(Nc2cc(-c3cnn(C4CNC4)c3)ccn2)cn1. The van der Waals surface area contributed by atoms with E-state index < -0.39 is 19.1 Å². The molecular weight excluding hydrogens is 804 g/mol. The number of rotatable bonds is 11. The van der Waals surface area contributed by atoms with Gasteiger partial charge in [0.05, 0.1) is 59.8 Å². The summed E-state index contributed by atoms with van der Waals surface area (Å²) in [4.78, 5) is 8.69. The van der Waals surface area contributed by atoms with Crippen molar-refractivity contribution in [2.75, 3.05) is 48.3 Å². The molecule has 0 saturated carbocycles. The van der Waals surface area contributed by atoms with Crippen molar-refractivity contribution in [1.82, 2.24) is 58.7 Å². The molecule has 2 aliphatic heterocycles. The van der Waals surface area contributed by atoms with Crippen LogP contribution in [0.3, 0.4) is 0 Å². The Bertz CT molecular complexity index is 2420. The van der Waals surface area contributed by atoms with Crippen molar-refractivity contribution >= 4 is 65.2 Å². The average Bonchev–Trinajstić information content (AvgIpc) is 3.94. The van der Waals surface area contributed by atoms with Crippen LogP contribution in [0.2, 0.25) is 0 Å². The van der Waals surface area contributed by atoms with Gasteiger partial charge >= 0.3 is 0 Å². The summed E-state index contributed by atoms with van der Waals surface area (Å²) in [5, 5.41) is 26.9. The summed E-state index contributed by atoms with van der Waals surface area (Å²) in [7, 11) is 2.13. The number of nitrogens with one attached hydrogen (secondary N) is 3. The van der Waals surface area contributed by atoms with E-state index >= 15 is 0 Å². The first kappa shape index (κ1) is 42.3. The molecule has 2 aliphatic rings. The Balaban J connectivity index is 0.000000187. The molecule has 0 aliphatic carbocycles. The van der Waals surface area contributed by atoms with Crippen LogP contribution in [0.15, 0.2) is 86.2 Å². The first-order valence-corrected chi connectivity index (χ1v) is 21.5. The molecule has 0 spiro atoms. The number of anilines is 4. The molecule has 18 nitrogen and oxygen atoms in total. The van der Waals surface area contributed by atoms with E-state index in [9.17, 15) is 16.8 Å². The maximum Gasteiger partial charge on any atom is 0.232 e. The molecule has 0 unspecified atom stereocenters. The fourth-order valence-electron chi connectivity index (χ4n) is 5.45. The Hall–Kier alpha value is -4.86. The number of hydrogen-bond donors (Lipinski definition) is 3. The van der Waals surface area contributed by atoms with Crippen molar-refractivity contribution in [1.29, 1.82) is 0 Å². The zero-order chi connectivity index (χ0) is 39.2. The minimum absolute atomic E-state index is 0. The first-order valence-electron chi connectivity index (χ1n) is 17.4. The lowest BCUT2D eigenvalue weighted by Gasteiger charge is -2.37. The largest absolute Gasteiger partial charge is 0.338 e. The summed E-state index contributed by atoms with van der Waals surface area (Å²) in [5.41, 5.74) is 5.93. The van der Waals surface area contributed by atoms with Gasteiger partial charge in [-0.2, -0.15) is 24.7 Å². The highest BCUT2D eigenvalue weighted by Gasteiger charge is 2.36. The Kier molecular flexibility index (Phi) is 13.9. The number of sulfonamides is 1. The van der Waals surface area contributed by atoms with Gasteiger partial charge in [-0.3, -0.25) is 18.7 Å². The van der Waals surface area contributed by atoms with Gasteiger partial charge < -0.3 is 16.0 Å². The van der Waals surface area contributed by atoms with Gasteiger partial charge in [0, 0.05) is 99.3 Å². The molecule has 3 N–H and O–H groups in total. The lowest BCUT2D eigenvalue weighted by molar-refractivity contribution is 0.191. The Labute approximate surface area is 336 Å². The first-order chi connectivity index (χ1) is 26.3. The molecule has 56 heavy (non-hydrogen) atoms. The summed E-state index contributed by atoms with van der Waals surface area (Å²) in [6.07, 6.45) is 18.6. The summed E-state index contributed by atoms with van der Waals surface area (Å²) >= 11 is 0. The zero-order valence-corrected chi connectivity index (χ0v) is 34.3. The lowest BCUT2D eigenvalue weighted by Crippen LogP contribution is -2.51. The van der Waals surface area contributed by atoms with E-state index in [-0.39, 0.29) is 30.0 Å². The van der Waals surface area contributed by atoms with Crippen LogP contribution >= 0.6 is 23.1 Å². The Morgan fingerprint density at radius 1 is 0.696 bits per heavy atom.